The summed E-state index contributed by atoms with van der Waals surface area (Å²) in [6, 6.07) is 2.96. The van der Waals surface area contributed by atoms with E-state index in [-0.39, 0.29) is 5.54 Å². The second kappa shape index (κ2) is 5.49. The summed E-state index contributed by atoms with van der Waals surface area (Å²) in [6.07, 6.45) is 5.99. The van der Waals surface area contributed by atoms with E-state index in [0.717, 1.165) is 12.4 Å². The summed E-state index contributed by atoms with van der Waals surface area (Å²) >= 11 is 0. The fraction of sp³-hybridized carbons (Fsp3) is 0.688. The van der Waals surface area contributed by atoms with Gasteiger partial charge >= 0.3 is 0 Å². The summed E-state index contributed by atoms with van der Waals surface area (Å²) in [4.78, 5) is 7.01. The fourth-order valence-electron chi connectivity index (χ4n) is 2.41. The smallest absolute Gasteiger partial charge is 0.131 e. The molecule has 0 saturated heterocycles. The SMILES string of the molecule is Cc1cc(CNC(C)(C)C)cnc1N(C)C1CCC1. The van der Waals surface area contributed by atoms with Crippen LogP contribution in [-0.2, 0) is 6.54 Å². The molecule has 1 heterocycles. The summed E-state index contributed by atoms with van der Waals surface area (Å²) in [7, 11) is 2.17. The molecule has 3 nitrogen and oxygen atoms in total. The van der Waals surface area contributed by atoms with Crippen molar-refractivity contribution in [3.63, 3.8) is 0 Å². The zero-order valence-corrected chi connectivity index (χ0v) is 13.0. The average molecular weight is 261 g/mol. The Morgan fingerprint density at radius 1 is 1.37 bits per heavy atom. The van der Waals surface area contributed by atoms with E-state index in [2.05, 4.69) is 56.0 Å². The zero-order chi connectivity index (χ0) is 14.0. The van der Waals surface area contributed by atoms with Crippen LogP contribution in [0.3, 0.4) is 0 Å². The van der Waals surface area contributed by atoms with Gasteiger partial charge in [-0.15, -0.1) is 0 Å². The van der Waals surface area contributed by atoms with Crippen molar-refractivity contribution >= 4 is 5.82 Å². The Hall–Kier alpha value is -1.09. The van der Waals surface area contributed by atoms with Gasteiger partial charge in [0.15, 0.2) is 0 Å². The van der Waals surface area contributed by atoms with Crippen LogP contribution in [0.25, 0.3) is 0 Å². The largest absolute Gasteiger partial charge is 0.356 e. The number of nitrogens with zero attached hydrogens (tertiary/aromatic N) is 2. The van der Waals surface area contributed by atoms with E-state index < -0.39 is 0 Å². The van der Waals surface area contributed by atoms with Crippen LogP contribution in [0.2, 0.25) is 0 Å². The van der Waals surface area contributed by atoms with E-state index in [1.165, 1.54) is 30.4 Å². The molecule has 1 aromatic rings. The molecule has 0 atom stereocenters. The van der Waals surface area contributed by atoms with Crippen LogP contribution in [0.5, 0.6) is 0 Å². The molecule has 1 aliphatic carbocycles. The standard InChI is InChI=1S/C16H27N3/c1-12-9-13(11-18-16(2,3)4)10-17-15(12)19(5)14-7-6-8-14/h9-10,14,18H,6-8,11H2,1-5H3. The van der Waals surface area contributed by atoms with Crippen molar-refractivity contribution in [2.24, 2.45) is 0 Å². The number of anilines is 1. The molecule has 0 spiro atoms. The maximum absolute atomic E-state index is 4.67. The summed E-state index contributed by atoms with van der Waals surface area (Å²) in [6.45, 7) is 9.60. The molecule has 0 radical (unpaired) electrons. The van der Waals surface area contributed by atoms with Gasteiger partial charge in [-0.1, -0.05) is 0 Å². The summed E-state index contributed by atoms with van der Waals surface area (Å²) in [5.41, 5.74) is 2.69. The first-order valence-electron chi connectivity index (χ1n) is 7.30. The molecule has 106 valence electrons. The Labute approximate surface area is 117 Å². The van der Waals surface area contributed by atoms with Crippen molar-refractivity contribution in [2.75, 3.05) is 11.9 Å². The zero-order valence-electron chi connectivity index (χ0n) is 13.0. The van der Waals surface area contributed by atoms with Gasteiger partial charge in [0.25, 0.3) is 0 Å². The molecule has 1 N–H and O–H groups in total. The van der Waals surface area contributed by atoms with Crippen LogP contribution >= 0.6 is 0 Å². The monoisotopic (exact) mass is 261 g/mol. The molecule has 2 rings (SSSR count). The third-order valence-electron chi connectivity index (χ3n) is 3.89. The average Bonchev–Trinajstić information content (AvgIpc) is 2.23. The van der Waals surface area contributed by atoms with Gasteiger partial charge in [-0.05, 0) is 64.2 Å². The highest BCUT2D eigenvalue weighted by Gasteiger charge is 2.23. The van der Waals surface area contributed by atoms with Gasteiger partial charge in [0, 0.05) is 31.4 Å². The summed E-state index contributed by atoms with van der Waals surface area (Å²) in [5.74, 6) is 1.14. The van der Waals surface area contributed by atoms with Gasteiger partial charge in [-0.2, -0.15) is 0 Å². The fourth-order valence-corrected chi connectivity index (χ4v) is 2.41. The lowest BCUT2D eigenvalue weighted by Gasteiger charge is -2.36. The number of hydrogen-bond acceptors (Lipinski definition) is 3. The summed E-state index contributed by atoms with van der Waals surface area (Å²) < 4.78 is 0. The maximum atomic E-state index is 4.67. The molecular weight excluding hydrogens is 234 g/mol. The van der Waals surface area contributed by atoms with Crippen molar-refractivity contribution in [2.45, 2.75) is 65.1 Å². The molecule has 1 aromatic heterocycles. The Morgan fingerprint density at radius 2 is 2.05 bits per heavy atom. The van der Waals surface area contributed by atoms with Crippen molar-refractivity contribution < 1.29 is 0 Å². The molecule has 1 fully saturated rings. The van der Waals surface area contributed by atoms with Crippen LogP contribution < -0.4 is 10.2 Å². The lowest BCUT2D eigenvalue weighted by Crippen LogP contribution is -2.38. The Bertz CT molecular complexity index is 430. The Kier molecular flexibility index (Phi) is 4.14. The molecular formula is C16H27N3. The highest BCUT2D eigenvalue weighted by molar-refractivity contribution is 5.48. The van der Waals surface area contributed by atoms with Crippen LogP contribution in [-0.4, -0.2) is 23.6 Å². The minimum atomic E-state index is 0.148. The number of nitrogens with one attached hydrogen (secondary N) is 1. The van der Waals surface area contributed by atoms with E-state index in [9.17, 15) is 0 Å². The van der Waals surface area contributed by atoms with Crippen LogP contribution in [0.1, 0.15) is 51.2 Å². The van der Waals surface area contributed by atoms with E-state index in [0.29, 0.717) is 6.04 Å². The Morgan fingerprint density at radius 3 is 2.53 bits per heavy atom. The Balaban J connectivity index is 2.04. The maximum Gasteiger partial charge on any atom is 0.131 e. The molecule has 0 amide bonds. The molecule has 0 unspecified atom stereocenters. The quantitative estimate of drug-likeness (QED) is 0.901. The van der Waals surface area contributed by atoms with E-state index >= 15 is 0 Å². The number of pyridine rings is 1. The van der Waals surface area contributed by atoms with Crippen molar-refractivity contribution in [1.29, 1.82) is 0 Å². The highest BCUT2D eigenvalue weighted by Crippen LogP contribution is 2.28. The summed E-state index contributed by atoms with van der Waals surface area (Å²) in [5, 5.41) is 3.51. The second-order valence-corrected chi connectivity index (χ2v) is 6.78. The van der Waals surface area contributed by atoms with Gasteiger partial charge in [-0.3, -0.25) is 0 Å². The second-order valence-electron chi connectivity index (χ2n) is 6.78. The third kappa shape index (κ3) is 3.69. The van der Waals surface area contributed by atoms with Gasteiger partial charge < -0.3 is 10.2 Å². The number of aryl methyl sites for hydroxylation is 1. The van der Waals surface area contributed by atoms with Crippen molar-refractivity contribution in [1.82, 2.24) is 10.3 Å². The molecule has 3 heteroatoms. The first-order chi connectivity index (χ1) is 8.87. The minimum absolute atomic E-state index is 0.148. The van der Waals surface area contributed by atoms with Crippen molar-refractivity contribution in [3.05, 3.63) is 23.4 Å². The minimum Gasteiger partial charge on any atom is -0.356 e. The first-order valence-corrected chi connectivity index (χ1v) is 7.30. The van der Waals surface area contributed by atoms with E-state index in [1.807, 2.05) is 6.20 Å². The van der Waals surface area contributed by atoms with Crippen LogP contribution in [0, 0.1) is 6.92 Å². The molecule has 19 heavy (non-hydrogen) atoms. The van der Waals surface area contributed by atoms with Crippen LogP contribution in [0.4, 0.5) is 5.82 Å². The van der Waals surface area contributed by atoms with E-state index in [4.69, 9.17) is 0 Å². The molecule has 1 saturated carbocycles. The molecule has 1 aliphatic rings. The first kappa shape index (κ1) is 14.3. The van der Waals surface area contributed by atoms with Gasteiger partial charge in [-0.25, -0.2) is 4.98 Å². The molecule has 0 bridgehead atoms. The number of rotatable bonds is 4. The lowest BCUT2D eigenvalue weighted by atomic mass is 9.91. The number of aromatic nitrogens is 1. The highest BCUT2D eigenvalue weighted by atomic mass is 15.2. The van der Waals surface area contributed by atoms with Crippen molar-refractivity contribution in [3.8, 4) is 0 Å². The van der Waals surface area contributed by atoms with Crippen LogP contribution in [0.15, 0.2) is 12.3 Å². The van der Waals surface area contributed by atoms with Gasteiger partial charge in [0.05, 0.1) is 0 Å². The predicted molar refractivity (Wildman–Crippen MR) is 81.6 cm³/mol. The molecule has 0 aliphatic heterocycles. The third-order valence-corrected chi connectivity index (χ3v) is 3.89. The number of hydrogen-bond donors (Lipinski definition) is 1. The normalized spacial score (nSPS) is 16.3. The van der Waals surface area contributed by atoms with Gasteiger partial charge in [0.1, 0.15) is 5.82 Å². The topological polar surface area (TPSA) is 28.2 Å². The van der Waals surface area contributed by atoms with Gasteiger partial charge in [0.2, 0.25) is 0 Å². The van der Waals surface area contributed by atoms with E-state index in [1.54, 1.807) is 0 Å². The predicted octanol–water partition coefficient (Wildman–Crippen LogP) is 3.27. The molecule has 0 aromatic carbocycles. The lowest BCUT2D eigenvalue weighted by molar-refractivity contribution is 0.398.